The molecule has 1 atom stereocenters. The second-order valence-electron chi connectivity index (χ2n) is 6.07. The lowest BCUT2D eigenvalue weighted by Gasteiger charge is -2.15. The number of ether oxygens (including phenoxy) is 1. The van der Waals surface area contributed by atoms with E-state index in [0.29, 0.717) is 16.5 Å². The number of aromatic nitrogens is 3. The third-order valence-corrected chi connectivity index (χ3v) is 5.47. The molecule has 1 amide bonds. The minimum absolute atomic E-state index is 0.127. The zero-order chi connectivity index (χ0) is 19.1. The number of nitrogens with one attached hydrogen (secondary N) is 1. The standard InChI is InChI=1S/C18H25ClN4O2S/c1-5-6-7-8-23-11-20-22-18(23)26-13(3)17(24)21-15-9-12(2)14(19)10-16(15)25-4/h9-11,13H,5-8H2,1-4H3,(H,21,24)/t13-/m1/s1. The number of nitrogens with zero attached hydrogens (tertiary/aromatic N) is 3. The van der Waals surface area contributed by atoms with Gasteiger partial charge >= 0.3 is 0 Å². The minimum Gasteiger partial charge on any atom is -0.495 e. The predicted octanol–water partition coefficient (Wildman–Crippen LogP) is 4.56. The quantitative estimate of drug-likeness (QED) is 0.497. The zero-order valence-corrected chi connectivity index (χ0v) is 17.2. The number of anilines is 1. The largest absolute Gasteiger partial charge is 0.495 e. The summed E-state index contributed by atoms with van der Waals surface area (Å²) in [5.74, 6) is 0.409. The minimum atomic E-state index is -0.329. The van der Waals surface area contributed by atoms with Gasteiger partial charge in [-0.15, -0.1) is 10.2 Å². The predicted molar refractivity (Wildman–Crippen MR) is 106 cm³/mol. The number of rotatable bonds is 9. The van der Waals surface area contributed by atoms with Gasteiger partial charge in [-0.25, -0.2) is 0 Å². The molecule has 142 valence electrons. The highest BCUT2D eigenvalue weighted by Crippen LogP contribution is 2.32. The van der Waals surface area contributed by atoms with E-state index in [1.54, 1.807) is 19.5 Å². The molecule has 0 spiro atoms. The molecule has 1 aromatic carbocycles. The van der Waals surface area contributed by atoms with E-state index < -0.39 is 0 Å². The highest BCUT2D eigenvalue weighted by atomic mass is 35.5. The second-order valence-corrected chi connectivity index (χ2v) is 7.78. The fourth-order valence-corrected chi connectivity index (χ4v) is 3.40. The van der Waals surface area contributed by atoms with Crippen LogP contribution in [0.3, 0.4) is 0 Å². The van der Waals surface area contributed by atoms with Gasteiger partial charge in [-0.05, 0) is 31.9 Å². The van der Waals surface area contributed by atoms with Gasteiger partial charge in [-0.3, -0.25) is 4.79 Å². The van der Waals surface area contributed by atoms with Crippen LogP contribution in [-0.2, 0) is 11.3 Å². The number of thioether (sulfide) groups is 1. The Bertz CT molecular complexity index is 751. The molecule has 0 aliphatic carbocycles. The first-order chi connectivity index (χ1) is 12.5. The van der Waals surface area contributed by atoms with Gasteiger partial charge in [0.15, 0.2) is 5.16 Å². The second kappa shape index (κ2) is 9.83. The molecule has 0 saturated carbocycles. The molecule has 26 heavy (non-hydrogen) atoms. The molecule has 6 nitrogen and oxygen atoms in total. The SMILES string of the molecule is CCCCCn1cnnc1S[C@H](C)C(=O)Nc1cc(C)c(Cl)cc1OC. The number of halogens is 1. The van der Waals surface area contributed by atoms with Gasteiger partial charge in [-0.1, -0.05) is 43.1 Å². The van der Waals surface area contributed by atoms with Crippen molar-refractivity contribution in [3.63, 3.8) is 0 Å². The number of carbonyl (C=O) groups is 1. The molecular weight excluding hydrogens is 372 g/mol. The van der Waals surface area contributed by atoms with E-state index in [1.165, 1.54) is 11.8 Å². The normalized spacial score (nSPS) is 12.0. The maximum atomic E-state index is 12.6. The summed E-state index contributed by atoms with van der Waals surface area (Å²) in [5, 5.41) is 12.0. The molecule has 1 heterocycles. The Hall–Kier alpha value is -1.73. The number of methoxy groups -OCH3 is 1. The molecule has 0 radical (unpaired) electrons. The van der Waals surface area contributed by atoms with Gasteiger partial charge in [0.1, 0.15) is 12.1 Å². The van der Waals surface area contributed by atoms with Crippen LogP contribution in [0.25, 0.3) is 0 Å². The van der Waals surface area contributed by atoms with Crippen molar-refractivity contribution in [3.8, 4) is 5.75 Å². The molecule has 8 heteroatoms. The van der Waals surface area contributed by atoms with Crippen LogP contribution in [0, 0.1) is 6.92 Å². The molecular formula is C18H25ClN4O2S. The van der Waals surface area contributed by atoms with E-state index in [4.69, 9.17) is 16.3 Å². The third-order valence-electron chi connectivity index (χ3n) is 3.97. The van der Waals surface area contributed by atoms with Crippen molar-refractivity contribution in [3.05, 3.63) is 29.0 Å². The summed E-state index contributed by atoms with van der Waals surface area (Å²) in [4.78, 5) is 12.6. The van der Waals surface area contributed by atoms with Crippen molar-refractivity contribution in [2.75, 3.05) is 12.4 Å². The highest BCUT2D eigenvalue weighted by Gasteiger charge is 2.19. The smallest absolute Gasteiger partial charge is 0.237 e. The molecule has 2 rings (SSSR count). The van der Waals surface area contributed by atoms with Gasteiger partial charge in [0, 0.05) is 17.6 Å². The number of hydrogen-bond donors (Lipinski definition) is 1. The topological polar surface area (TPSA) is 69.0 Å². The van der Waals surface area contributed by atoms with E-state index in [1.807, 2.05) is 24.5 Å². The van der Waals surface area contributed by atoms with Gasteiger partial charge in [0.2, 0.25) is 5.91 Å². The van der Waals surface area contributed by atoms with Crippen molar-refractivity contribution in [2.24, 2.45) is 0 Å². The first-order valence-corrected chi connectivity index (χ1v) is 9.91. The zero-order valence-electron chi connectivity index (χ0n) is 15.6. The monoisotopic (exact) mass is 396 g/mol. The molecule has 1 N–H and O–H groups in total. The average molecular weight is 397 g/mol. The fraction of sp³-hybridized carbons (Fsp3) is 0.500. The summed E-state index contributed by atoms with van der Waals surface area (Å²) in [6, 6.07) is 3.51. The van der Waals surface area contributed by atoms with Crippen LogP contribution in [0.1, 0.15) is 38.7 Å². The molecule has 0 saturated heterocycles. The third kappa shape index (κ3) is 5.38. The number of unbranched alkanes of at least 4 members (excludes halogenated alkanes) is 2. The molecule has 0 unspecified atom stereocenters. The van der Waals surface area contributed by atoms with Crippen molar-refractivity contribution in [1.82, 2.24) is 14.8 Å². The summed E-state index contributed by atoms with van der Waals surface area (Å²) in [5.41, 5.74) is 1.48. The molecule has 0 aliphatic rings. The van der Waals surface area contributed by atoms with Crippen molar-refractivity contribution in [1.29, 1.82) is 0 Å². The Morgan fingerprint density at radius 3 is 2.88 bits per heavy atom. The van der Waals surface area contributed by atoms with Crippen LogP contribution in [0.15, 0.2) is 23.6 Å². The Morgan fingerprint density at radius 2 is 2.19 bits per heavy atom. The van der Waals surface area contributed by atoms with Gasteiger partial charge < -0.3 is 14.6 Å². The van der Waals surface area contributed by atoms with Crippen LogP contribution in [0.4, 0.5) is 5.69 Å². The maximum absolute atomic E-state index is 12.6. The first-order valence-electron chi connectivity index (χ1n) is 8.65. The average Bonchev–Trinajstić information content (AvgIpc) is 3.05. The lowest BCUT2D eigenvalue weighted by atomic mass is 10.2. The van der Waals surface area contributed by atoms with Gasteiger partial charge in [0.05, 0.1) is 18.0 Å². The number of carbonyl (C=O) groups excluding carboxylic acids is 1. The van der Waals surface area contributed by atoms with E-state index in [-0.39, 0.29) is 11.2 Å². The van der Waals surface area contributed by atoms with Crippen LogP contribution >= 0.6 is 23.4 Å². The Morgan fingerprint density at radius 1 is 1.42 bits per heavy atom. The summed E-state index contributed by atoms with van der Waals surface area (Å²) in [6.07, 6.45) is 5.11. The number of aryl methyl sites for hydroxylation is 2. The van der Waals surface area contributed by atoms with Crippen molar-refractivity contribution in [2.45, 2.75) is 57.0 Å². The van der Waals surface area contributed by atoms with Gasteiger partial charge in [0.25, 0.3) is 0 Å². The molecule has 0 bridgehead atoms. The Kier molecular flexibility index (Phi) is 7.78. The van der Waals surface area contributed by atoms with E-state index in [2.05, 4.69) is 22.4 Å². The number of hydrogen-bond acceptors (Lipinski definition) is 5. The molecule has 2 aromatic rings. The highest BCUT2D eigenvalue weighted by molar-refractivity contribution is 8.00. The van der Waals surface area contributed by atoms with Crippen LogP contribution in [-0.4, -0.2) is 33.0 Å². The maximum Gasteiger partial charge on any atom is 0.237 e. The van der Waals surface area contributed by atoms with E-state index in [0.717, 1.165) is 36.5 Å². The summed E-state index contributed by atoms with van der Waals surface area (Å²) < 4.78 is 7.31. The van der Waals surface area contributed by atoms with Gasteiger partial charge in [-0.2, -0.15) is 0 Å². The molecule has 0 fully saturated rings. The van der Waals surface area contributed by atoms with Crippen LogP contribution in [0.2, 0.25) is 5.02 Å². The lowest BCUT2D eigenvalue weighted by Crippen LogP contribution is -2.23. The number of amides is 1. The van der Waals surface area contributed by atoms with Crippen molar-refractivity contribution >= 4 is 35.0 Å². The lowest BCUT2D eigenvalue weighted by molar-refractivity contribution is -0.115. The summed E-state index contributed by atoms with van der Waals surface area (Å²) in [7, 11) is 1.55. The fourth-order valence-electron chi connectivity index (χ4n) is 2.40. The van der Waals surface area contributed by atoms with Crippen LogP contribution in [0.5, 0.6) is 5.75 Å². The van der Waals surface area contributed by atoms with Crippen molar-refractivity contribution < 1.29 is 9.53 Å². The Balaban J connectivity index is 2.03. The summed E-state index contributed by atoms with van der Waals surface area (Å²) >= 11 is 7.51. The molecule has 1 aromatic heterocycles. The first kappa shape index (κ1) is 20.6. The molecule has 0 aliphatic heterocycles. The van der Waals surface area contributed by atoms with E-state index >= 15 is 0 Å². The number of benzene rings is 1. The summed E-state index contributed by atoms with van der Waals surface area (Å²) in [6.45, 7) is 6.76. The van der Waals surface area contributed by atoms with E-state index in [9.17, 15) is 4.79 Å². The van der Waals surface area contributed by atoms with Crippen LogP contribution < -0.4 is 10.1 Å². The Labute approximate surface area is 163 Å².